The van der Waals surface area contributed by atoms with Crippen LogP contribution < -0.4 is 15.8 Å². The highest BCUT2D eigenvalue weighted by Gasteiger charge is 2.52. The number of nitrogen functional groups attached to an aromatic ring is 1. The number of anilines is 2. The van der Waals surface area contributed by atoms with Gasteiger partial charge in [-0.25, -0.2) is 15.0 Å². The highest BCUT2D eigenvalue weighted by atomic mass is 16.8. The molecule has 3 N–H and O–H groups in total. The molecule has 1 aliphatic carbocycles. The minimum Gasteiger partial charge on any atom is -0.486 e. The van der Waals surface area contributed by atoms with E-state index >= 15 is 0 Å². The van der Waals surface area contributed by atoms with Crippen molar-refractivity contribution in [2.45, 2.75) is 50.9 Å². The van der Waals surface area contributed by atoms with Gasteiger partial charge in [-0.2, -0.15) is 0 Å². The van der Waals surface area contributed by atoms with Crippen molar-refractivity contribution in [2.75, 3.05) is 18.1 Å². The van der Waals surface area contributed by atoms with E-state index in [1.54, 1.807) is 0 Å². The molecule has 9 heteroatoms. The molecule has 2 aliphatic rings. The summed E-state index contributed by atoms with van der Waals surface area (Å²) in [5.41, 5.74) is 8.74. The molecule has 1 saturated heterocycles. The minimum atomic E-state index is -0.708. The Bertz CT molecular complexity index is 1460. The molecule has 1 unspecified atom stereocenters. The monoisotopic (exact) mass is 472 g/mol. The van der Waals surface area contributed by atoms with E-state index in [2.05, 4.69) is 30.9 Å². The molecular formula is C26H28N6O3. The van der Waals surface area contributed by atoms with E-state index < -0.39 is 5.79 Å². The Labute approximate surface area is 202 Å². The fourth-order valence-electron chi connectivity index (χ4n) is 5.10. The first-order valence-electron chi connectivity index (χ1n) is 11.7. The van der Waals surface area contributed by atoms with Gasteiger partial charge in [-0.05, 0) is 56.7 Å². The summed E-state index contributed by atoms with van der Waals surface area (Å²) in [6, 6.07) is 11.8. The van der Waals surface area contributed by atoms with Crippen LogP contribution in [0.15, 0.2) is 60.6 Å². The van der Waals surface area contributed by atoms with Crippen LogP contribution in [0.4, 0.5) is 11.6 Å². The summed E-state index contributed by atoms with van der Waals surface area (Å²) in [7, 11) is 1.86. The summed E-state index contributed by atoms with van der Waals surface area (Å²) >= 11 is 0. The molecule has 1 aromatic carbocycles. The number of fused-ring (bicyclic) bond motifs is 3. The number of aromatic nitrogens is 4. The van der Waals surface area contributed by atoms with E-state index in [1.807, 2.05) is 70.4 Å². The Kier molecular flexibility index (Phi) is 4.94. The number of hydrogen-bond donors (Lipinski definition) is 2. The standard InChI is InChI=1S/C26H28N6O3/c1-14(33-16-7-5-15-6-8-21(28-4)31-19(15)11-16)18-12-20(23-22(18)34-26(2,3)35-23)32-10-9-17-24(27)29-13-30-25(17)32/h5-14,20,22-23H,1-4H3,(H,28,31)(H2,27,29,30)/t14?,20-,22-,23+/m1/s1. The zero-order valence-corrected chi connectivity index (χ0v) is 20.1. The Morgan fingerprint density at radius 2 is 1.97 bits per heavy atom. The highest BCUT2D eigenvalue weighted by molar-refractivity contribution is 5.86. The molecule has 0 saturated carbocycles. The lowest BCUT2D eigenvalue weighted by Crippen LogP contribution is -2.30. The maximum atomic E-state index is 6.41. The molecule has 0 amide bonds. The lowest BCUT2D eigenvalue weighted by molar-refractivity contribution is -0.148. The molecule has 3 aromatic heterocycles. The van der Waals surface area contributed by atoms with E-state index in [0.29, 0.717) is 5.82 Å². The molecule has 180 valence electrons. The van der Waals surface area contributed by atoms with Gasteiger partial charge >= 0.3 is 0 Å². The van der Waals surface area contributed by atoms with Crippen LogP contribution >= 0.6 is 0 Å². The van der Waals surface area contributed by atoms with Crippen LogP contribution in [0, 0.1) is 0 Å². The van der Waals surface area contributed by atoms with E-state index in [9.17, 15) is 0 Å². The lowest BCUT2D eigenvalue weighted by Gasteiger charge is -2.23. The predicted octanol–water partition coefficient (Wildman–Crippen LogP) is 4.07. The summed E-state index contributed by atoms with van der Waals surface area (Å²) in [6.07, 6.45) is 4.94. The molecule has 0 bridgehead atoms. The number of hydrogen-bond acceptors (Lipinski definition) is 8. The molecule has 0 radical (unpaired) electrons. The molecule has 9 nitrogen and oxygen atoms in total. The van der Waals surface area contributed by atoms with E-state index in [1.165, 1.54) is 6.33 Å². The van der Waals surface area contributed by atoms with Crippen LogP contribution in [-0.4, -0.2) is 50.7 Å². The van der Waals surface area contributed by atoms with Crippen LogP contribution in [0.25, 0.3) is 21.9 Å². The van der Waals surface area contributed by atoms with Gasteiger partial charge < -0.3 is 29.8 Å². The van der Waals surface area contributed by atoms with Gasteiger partial charge in [0.25, 0.3) is 0 Å². The van der Waals surface area contributed by atoms with Crippen molar-refractivity contribution in [3.8, 4) is 5.75 Å². The third kappa shape index (κ3) is 3.67. The van der Waals surface area contributed by atoms with Gasteiger partial charge in [0.15, 0.2) is 5.79 Å². The van der Waals surface area contributed by atoms with E-state index in [4.69, 9.17) is 19.9 Å². The van der Waals surface area contributed by atoms with Gasteiger partial charge in [-0.15, -0.1) is 0 Å². The van der Waals surface area contributed by atoms with Crippen LogP contribution in [0.2, 0.25) is 0 Å². The van der Waals surface area contributed by atoms with Crippen molar-refractivity contribution in [3.05, 3.63) is 60.6 Å². The van der Waals surface area contributed by atoms with Crippen molar-refractivity contribution < 1.29 is 14.2 Å². The minimum absolute atomic E-state index is 0.119. The Balaban J connectivity index is 1.34. The number of rotatable bonds is 5. The van der Waals surface area contributed by atoms with Crippen molar-refractivity contribution in [3.63, 3.8) is 0 Å². The van der Waals surface area contributed by atoms with Crippen LogP contribution in [0.1, 0.15) is 26.8 Å². The third-order valence-electron chi connectivity index (χ3n) is 6.72. The average molecular weight is 473 g/mol. The second-order valence-corrected chi connectivity index (χ2v) is 9.46. The van der Waals surface area contributed by atoms with Gasteiger partial charge in [0.05, 0.1) is 16.9 Å². The second-order valence-electron chi connectivity index (χ2n) is 9.46. The Morgan fingerprint density at radius 3 is 2.80 bits per heavy atom. The topological polar surface area (TPSA) is 109 Å². The summed E-state index contributed by atoms with van der Waals surface area (Å²) in [5, 5.41) is 4.95. The summed E-state index contributed by atoms with van der Waals surface area (Å²) in [4.78, 5) is 13.2. The van der Waals surface area contributed by atoms with Gasteiger partial charge in [0.2, 0.25) is 0 Å². The van der Waals surface area contributed by atoms with Gasteiger partial charge in [0.1, 0.15) is 47.7 Å². The van der Waals surface area contributed by atoms with Crippen LogP contribution in [0.3, 0.4) is 0 Å². The van der Waals surface area contributed by atoms with E-state index in [-0.39, 0.29) is 24.4 Å². The normalized spacial score (nSPS) is 23.9. The highest BCUT2D eigenvalue weighted by Crippen LogP contribution is 2.45. The smallest absolute Gasteiger partial charge is 0.164 e. The van der Waals surface area contributed by atoms with Gasteiger partial charge in [-0.3, -0.25) is 0 Å². The molecular weight excluding hydrogens is 444 g/mol. The number of benzene rings is 1. The molecule has 1 aliphatic heterocycles. The Morgan fingerprint density at radius 1 is 1.14 bits per heavy atom. The summed E-state index contributed by atoms with van der Waals surface area (Å²) < 4.78 is 21.2. The summed E-state index contributed by atoms with van der Waals surface area (Å²) in [5.74, 6) is 1.31. The van der Waals surface area contributed by atoms with Gasteiger partial charge in [0, 0.05) is 24.7 Å². The molecule has 35 heavy (non-hydrogen) atoms. The zero-order valence-electron chi connectivity index (χ0n) is 20.1. The SMILES string of the molecule is CNc1ccc2ccc(OC(C)C3=C[C@@H](n4ccc5c(N)ncnc54)[C@@H]4OC(C)(C)O[C@H]34)cc2n1. The summed E-state index contributed by atoms with van der Waals surface area (Å²) in [6.45, 7) is 5.91. The first-order chi connectivity index (χ1) is 16.8. The quantitative estimate of drug-likeness (QED) is 0.418. The van der Waals surface area contributed by atoms with Gasteiger partial charge in [-0.1, -0.05) is 6.08 Å². The largest absolute Gasteiger partial charge is 0.486 e. The maximum absolute atomic E-state index is 6.41. The van der Waals surface area contributed by atoms with Crippen molar-refractivity contribution in [1.82, 2.24) is 19.5 Å². The molecule has 0 spiro atoms. The second kappa shape index (κ2) is 7.93. The average Bonchev–Trinajstić information content (AvgIpc) is 3.49. The fourth-order valence-corrected chi connectivity index (χ4v) is 5.10. The van der Waals surface area contributed by atoms with Crippen molar-refractivity contribution >= 4 is 33.6 Å². The number of nitrogens with one attached hydrogen (secondary N) is 1. The maximum Gasteiger partial charge on any atom is 0.164 e. The van der Waals surface area contributed by atoms with Crippen molar-refractivity contribution in [2.24, 2.45) is 0 Å². The number of pyridine rings is 1. The molecule has 6 rings (SSSR count). The lowest BCUT2D eigenvalue weighted by atomic mass is 10.1. The van der Waals surface area contributed by atoms with Crippen molar-refractivity contribution in [1.29, 1.82) is 0 Å². The molecule has 4 atom stereocenters. The molecule has 1 fully saturated rings. The molecule has 4 heterocycles. The predicted molar refractivity (Wildman–Crippen MR) is 134 cm³/mol. The number of ether oxygens (including phenoxy) is 3. The number of nitrogens with zero attached hydrogens (tertiary/aromatic N) is 4. The molecule has 4 aromatic rings. The first-order valence-corrected chi connectivity index (χ1v) is 11.7. The first kappa shape index (κ1) is 21.8. The third-order valence-corrected chi connectivity index (χ3v) is 6.72. The van der Waals surface area contributed by atoms with E-state index in [0.717, 1.165) is 39.1 Å². The van der Waals surface area contributed by atoms with Crippen LogP contribution in [0.5, 0.6) is 5.75 Å². The zero-order chi connectivity index (χ0) is 24.3. The number of nitrogens with two attached hydrogens (primary N) is 1. The Hall–Kier alpha value is -3.69. The fraction of sp³-hybridized carbons (Fsp3) is 0.346. The van der Waals surface area contributed by atoms with Crippen LogP contribution in [-0.2, 0) is 9.47 Å².